The Morgan fingerprint density at radius 2 is 1.61 bits per heavy atom. The lowest BCUT2D eigenvalue weighted by Gasteiger charge is -2.30. The lowest BCUT2D eigenvalue weighted by molar-refractivity contribution is 0.325. The van der Waals surface area contributed by atoms with Crippen LogP contribution in [-0.4, -0.2) is 54.7 Å². The molecule has 8 nitrogen and oxygen atoms in total. The summed E-state index contributed by atoms with van der Waals surface area (Å²) in [5.41, 5.74) is 2.53. The zero-order valence-corrected chi connectivity index (χ0v) is 21.0. The van der Waals surface area contributed by atoms with Crippen LogP contribution in [0, 0.1) is 0 Å². The molecule has 184 valence electrons. The van der Waals surface area contributed by atoms with Crippen molar-refractivity contribution < 1.29 is 25.9 Å². The smallest absolute Gasteiger partial charge is 0.286 e. The Kier molecular flexibility index (Phi) is 9.71. The van der Waals surface area contributed by atoms with Crippen LogP contribution >= 0.6 is 0 Å². The summed E-state index contributed by atoms with van der Waals surface area (Å²) in [7, 11) is -8.37. The Morgan fingerprint density at radius 1 is 0.970 bits per heavy atom. The number of hydrogen-bond acceptors (Lipinski definition) is 6. The van der Waals surface area contributed by atoms with Crippen molar-refractivity contribution in [2.45, 2.75) is 57.2 Å². The van der Waals surface area contributed by atoms with Gasteiger partial charge in [-0.2, -0.15) is 16.8 Å². The molecular weight excluding hydrogens is 464 g/mol. The van der Waals surface area contributed by atoms with Crippen LogP contribution in [0.4, 0.5) is 5.69 Å². The summed E-state index contributed by atoms with van der Waals surface area (Å²) in [6.45, 7) is 6.41. The van der Waals surface area contributed by atoms with Gasteiger partial charge in [-0.15, -0.1) is 0 Å². The van der Waals surface area contributed by atoms with Crippen molar-refractivity contribution in [2.24, 2.45) is 0 Å². The Labute approximate surface area is 197 Å². The fourth-order valence-electron chi connectivity index (χ4n) is 3.83. The second-order valence-electron chi connectivity index (χ2n) is 7.94. The van der Waals surface area contributed by atoms with Gasteiger partial charge in [0, 0.05) is 25.0 Å². The molecule has 1 aliphatic rings. The van der Waals surface area contributed by atoms with Crippen molar-refractivity contribution in [3.63, 3.8) is 0 Å². The second kappa shape index (κ2) is 11.8. The zero-order chi connectivity index (χ0) is 24.6. The third-order valence-corrected chi connectivity index (χ3v) is 7.88. The summed E-state index contributed by atoms with van der Waals surface area (Å²) in [5.74, 6) is 0. The lowest BCUT2D eigenvalue weighted by atomic mass is 10.1. The first-order chi connectivity index (χ1) is 15.5. The van der Waals surface area contributed by atoms with Crippen molar-refractivity contribution >= 4 is 32.0 Å². The highest BCUT2D eigenvalue weighted by Gasteiger charge is 2.29. The molecule has 1 aliphatic heterocycles. The summed E-state index contributed by atoms with van der Waals surface area (Å²) in [6.07, 6.45) is 11.1. The van der Waals surface area contributed by atoms with E-state index in [-0.39, 0.29) is 0 Å². The number of hydrogen-bond donors (Lipinski definition) is 2. The minimum Gasteiger partial charge on any atom is -0.355 e. The maximum Gasteiger partial charge on any atom is 0.286 e. The Bertz CT molecular complexity index is 1080. The van der Waals surface area contributed by atoms with Crippen molar-refractivity contribution in [3.05, 3.63) is 59.8 Å². The number of allylic oxidation sites excluding steroid dienone is 3. The molecule has 0 saturated heterocycles. The molecule has 0 aromatic heterocycles. The van der Waals surface area contributed by atoms with Gasteiger partial charge in [-0.1, -0.05) is 57.0 Å². The van der Waals surface area contributed by atoms with Gasteiger partial charge in [0.15, 0.2) is 10.7 Å². The van der Waals surface area contributed by atoms with Crippen LogP contribution in [0.15, 0.2) is 54.3 Å². The Morgan fingerprint density at radius 3 is 2.06 bits per heavy atom. The van der Waals surface area contributed by atoms with Crippen molar-refractivity contribution in [3.8, 4) is 0 Å². The molecule has 1 aromatic rings. The highest BCUT2D eigenvalue weighted by Crippen LogP contribution is 2.24. The highest BCUT2D eigenvalue weighted by molar-refractivity contribution is 7.86. The van der Waals surface area contributed by atoms with E-state index in [9.17, 15) is 25.9 Å². The van der Waals surface area contributed by atoms with E-state index < -0.39 is 31.0 Å². The Hall–Kier alpha value is -2.14. The number of benzene rings is 1. The molecule has 0 radical (unpaired) electrons. The van der Waals surface area contributed by atoms with Gasteiger partial charge in [-0.3, -0.25) is 9.11 Å². The maximum atomic E-state index is 11.8. The standard InChI is InChI=1S/C23H34N2O6S2/c1-4-7-22(32(26,27)28)24-17-15-20(16-18-24)10-9-19-11-13-21(14-12-19)25(6-3)23(8-5-2)33(29,30)31/h9-17,22-23H,4-8,18H2,1-3H3,(H,26,27,28)(H,29,30,31)/b10-9+. The minimum absolute atomic E-state index is 0.336. The number of rotatable bonds is 12. The summed E-state index contributed by atoms with van der Waals surface area (Å²) in [6, 6.07) is 7.39. The monoisotopic (exact) mass is 498 g/mol. The van der Waals surface area contributed by atoms with Crippen LogP contribution in [0.3, 0.4) is 0 Å². The molecule has 0 aliphatic carbocycles. The van der Waals surface area contributed by atoms with Gasteiger partial charge in [-0.05, 0) is 49.1 Å². The molecule has 1 heterocycles. The minimum atomic E-state index is -4.21. The largest absolute Gasteiger partial charge is 0.355 e. The normalized spacial score (nSPS) is 16.6. The quantitative estimate of drug-likeness (QED) is 0.410. The number of nitrogens with zero attached hydrogens (tertiary/aromatic N) is 2. The van der Waals surface area contributed by atoms with E-state index >= 15 is 0 Å². The highest BCUT2D eigenvalue weighted by atomic mass is 32.2. The summed E-state index contributed by atoms with van der Waals surface area (Å²) >= 11 is 0. The Balaban J connectivity index is 2.10. The van der Waals surface area contributed by atoms with Gasteiger partial charge in [0.1, 0.15) is 0 Å². The van der Waals surface area contributed by atoms with Gasteiger partial charge in [0.05, 0.1) is 0 Å². The van der Waals surface area contributed by atoms with E-state index in [1.54, 1.807) is 22.1 Å². The molecule has 0 fully saturated rings. The predicted molar refractivity (Wildman–Crippen MR) is 133 cm³/mol. The summed E-state index contributed by atoms with van der Waals surface area (Å²) in [4.78, 5) is 3.28. The van der Waals surface area contributed by atoms with Crippen LogP contribution in [0.1, 0.15) is 52.0 Å². The van der Waals surface area contributed by atoms with Gasteiger partial charge in [0.2, 0.25) is 0 Å². The summed E-state index contributed by atoms with van der Waals surface area (Å²) in [5, 5.41) is -1.93. The van der Waals surface area contributed by atoms with Crippen LogP contribution in [0.5, 0.6) is 0 Å². The van der Waals surface area contributed by atoms with Crippen molar-refractivity contribution in [2.75, 3.05) is 18.0 Å². The molecular formula is C23H34N2O6S2. The zero-order valence-electron chi connectivity index (χ0n) is 19.3. The summed E-state index contributed by atoms with van der Waals surface area (Å²) < 4.78 is 66.1. The van der Waals surface area contributed by atoms with E-state index in [1.807, 2.05) is 63.3 Å². The second-order valence-corrected chi connectivity index (χ2v) is 11.1. The first-order valence-corrected chi connectivity index (χ1v) is 14.1. The van der Waals surface area contributed by atoms with Crippen LogP contribution in [0.25, 0.3) is 6.08 Å². The van der Waals surface area contributed by atoms with E-state index in [1.165, 1.54) is 0 Å². The molecule has 0 bridgehead atoms. The molecule has 2 unspecified atom stereocenters. The fraction of sp³-hybridized carbons (Fsp3) is 0.478. The van der Waals surface area contributed by atoms with E-state index in [0.29, 0.717) is 44.5 Å². The maximum absolute atomic E-state index is 11.8. The average Bonchev–Trinajstić information content (AvgIpc) is 2.76. The van der Waals surface area contributed by atoms with Gasteiger partial charge in [-0.25, -0.2) is 0 Å². The fourth-order valence-corrected chi connectivity index (χ4v) is 5.98. The predicted octanol–water partition coefficient (Wildman–Crippen LogP) is 4.31. The average molecular weight is 499 g/mol. The first kappa shape index (κ1) is 27.1. The van der Waals surface area contributed by atoms with Gasteiger partial charge < -0.3 is 9.80 Å². The third-order valence-electron chi connectivity index (χ3n) is 5.51. The van der Waals surface area contributed by atoms with Gasteiger partial charge in [0.25, 0.3) is 20.2 Å². The molecule has 0 amide bonds. The van der Waals surface area contributed by atoms with E-state index in [0.717, 1.165) is 11.1 Å². The number of anilines is 1. The van der Waals surface area contributed by atoms with E-state index in [4.69, 9.17) is 0 Å². The van der Waals surface area contributed by atoms with E-state index in [2.05, 4.69) is 0 Å². The molecule has 10 heteroatoms. The first-order valence-electron chi connectivity index (χ1n) is 11.1. The van der Waals surface area contributed by atoms with Crippen LogP contribution in [-0.2, 0) is 20.2 Å². The lowest BCUT2D eigenvalue weighted by Crippen LogP contribution is -2.41. The molecule has 33 heavy (non-hydrogen) atoms. The molecule has 2 N–H and O–H groups in total. The molecule has 2 atom stereocenters. The van der Waals surface area contributed by atoms with Crippen LogP contribution in [0.2, 0.25) is 0 Å². The molecule has 0 spiro atoms. The molecule has 1 aromatic carbocycles. The van der Waals surface area contributed by atoms with Gasteiger partial charge >= 0.3 is 0 Å². The van der Waals surface area contributed by atoms with Crippen LogP contribution < -0.4 is 4.90 Å². The molecule has 0 saturated carbocycles. The SMILES string of the molecule is CCCC(N1C=CC(/C=C/c2ccc(N(CC)C(CCC)S(=O)(=O)O)cc2)=CC1)S(=O)(=O)O. The third kappa shape index (κ3) is 7.70. The van der Waals surface area contributed by atoms with Crippen molar-refractivity contribution in [1.82, 2.24) is 4.90 Å². The molecule has 2 rings (SSSR count). The van der Waals surface area contributed by atoms with Crippen molar-refractivity contribution in [1.29, 1.82) is 0 Å². The topological polar surface area (TPSA) is 115 Å².